The maximum atomic E-state index is 12.6. The van der Waals surface area contributed by atoms with E-state index in [0.29, 0.717) is 16.9 Å². The summed E-state index contributed by atoms with van der Waals surface area (Å²) >= 11 is 0. The lowest BCUT2D eigenvalue weighted by Crippen LogP contribution is -2.03. The molecule has 0 saturated heterocycles. The SMILES string of the molecule is COc1cc(-c2nnc(-c3cc4nccc(-c5cnn(C)c5C)n4n3)o2)ccc1OC(F)F. The van der Waals surface area contributed by atoms with Crippen molar-refractivity contribution in [3.05, 3.63) is 48.4 Å². The van der Waals surface area contributed by atoms with Crippen LogP contribution in [0.5, 0.6) is 11.5 Å². The molecule has 168 valence electrons. The van der Waals surface area contributed by atoms with Gasteiger partial charge in [-0.2, -0.15) is 19.0 Å². The van der Waals surface area contributed by atoms with Gasteiger partial charge in [0.1, 0.15) is 0 Å². The Balaban J connectivity index is 1.51. The van der Waals surface area contributed by atoms with E-state index in [-0.39, 0.29) is 23.3 Å². The number of aromatic nitrogens is 7. The first-order valence-electron chi connectivity index (χ1n) is 9.75. The predicted octanol–water partition coefficient (Wildman–Crippen LogP) is 3.77. The quantitative estimate of drug-likeness (QED) is 0.383. The summed E-state index contributed by atoms with van der Waals surface area (Å²) in [5, 5.41) is 17.0. The second kappa shape index (κ2) is 7.97. The third-order valence-corrected chi connectivity index (χ3v) is 5.14. The molecule has 0 aliphatic heterocycles. The molecule has 0 amide bonds. The van der Waals surface area contributed by atoms with Crippen molar-refractivity contribution in [2.45, 2.75) is 13.5 Å². The molecule has 4 aromatic heterocycles. The average molecular weight is 453 g/mol. The molecule has 5 aromatic rings. The minimum Gasteiger partial charge on any atom is -0.493 e. The summed E-state index contributed by atoms with van der Waals surface area (Å²) in [5.41, 5.74) is 4.22. The van der Waals surface area contributed by atoms with Gasteiger partial charge in [-0.1, -0.05) is 0 Å². The summed E-state index contributed by atoms with van der Waals surface area (Å²) < 4.78 is 43.9. The summed E-state index contributed by atoms with van der Waals surface area (Å²) in [6.45, 7) is -1.00. The molecule has 0 radical (unpaired) electrons. The van der Waals surface area contributed by atoms with Gasteiger partial charge in [-0.15, -0.1) is 10.2 Å². The Labute approximate surface area is 185 Å². The van der Waals surface area contributed by atoms with Gasteiger partial charge in [-0.25, -0.2) is 9.50 Å². The van der Waals surface area contributed by atoms with Crippen LogP contribution in [0.15, 0.2) is 47.1 Å². The number of halogens is 2. The van der Waals surface area contributed by atoms with Gasteiger partial charge in [0.25, 0.3) is 5.89 Å². The first-order valence-corrected chi connectivity index (χ1v) is 9.75. The van der Waals surface area contributed by atoms with E-state index in [1.807, 2.05) is 20.0 Å². The summed E-state index contributed by atoms with van der Waals surface area (Å²) in [4.78, 5) is 4.36. The Morgan fingerprint density at radius 3 is 2.61 bits per heavy atom. The van der Waals surface area contributed by atoms with E-state index in [2.05, 4.69) is 30.1 Å². The van der Waals surface area contributed by atoms with E-state index in [1.54, 1.807) is 27.7 Å². The molecule has 0 saturated carbocycles. The van der Waals surface area contributed by atoms with Gasteiger partial charge in [0.2, 0.25) is 5.89 Å². The summed E-state index contributed by atoms with van der Waals surface area (Å²) in [6, 6.07) is 7.92. The van der Waals surface area contributed by atoms with Crippen LogP contribution >= 0.6 is 0 Å². The Hall–Kier alpha value is -4.35. The van der Waals surface area contributed by atoms with Crippen molar-refractivity contribution >= 4 is 5.65 Å². The minimum atomic E-state index is -2.97. The number of alkyl halides is 2. The normalized spacial score (nSPS) is 11.5. The fourth-order valence-corrected chi connectivity index (χ4v) is 3.39. The maximum Gasteiger partial charge on any atom is 0.387 e. The molecule has 0 spiro atoms. The molecular weight excluding hydrogens is 436 g/mol. The van der Waals surface area contributed by atoms with E-state index >= 15 is 0 Å². The Morgan fingerprint density at radius 2 is 1.88 bits per heavy atom. The first kappa shape index (κ1) is 20.5. The second-order valence-corrected chi connectivity index (χ2v) is 7.05. The molecule has 12 heteroatoms. The number of nitrogens with zero attached hydrogens (tertiary/aromatic N) is 7. The lowest BCUT2D eigenvalue weighted by molar-refractivity contribution is -0.0512. The molecule has 10 nitrogen and oxygen atoms in total. The second-order valence-electron chi connectivity index (χ2n) is 7.05. The van der Waals surface area contributed by atoms with E-state index in [0.717, 1.165) is 17.0 Å². The van der Waals surface area contributed by atoms with Crippen LogP contribution in [0, 0.1) is 6.92 Å². The molecule has 0 aliphatic carbocycles. The minimum absolute atomic E-state index is 0.0966. The maximum absolute atomic E-state index is 12.6. The number of ether oxygens (including phenoxy) is 2. The predicted molar refractivity (Wildman–Crippen MR) is 112 cm³/mol. The standard InChI is InChI=1S/C21H17F2N7O3/c1-11-13(10-25-29(11)2)15-6-7-24-18-9-14(28-30(15)18)20-27-26-19(33-20)12-4-5-16(32-21(22)23)17(8-12)31-3/h4-10,21H,1-3H3. The van der Waals surface area contributed by atoms with Crippen LogP contribution in [0.25, 0.3) is 39.9 Å². The zero-order valence-electron chi connectivity index (χ0n) is 17.7. The van der Waals surface area contributed by atoms with E-state index in [9.17, 15) is 8.78 Å². The highest BCUT2D eigenvalue weighted by Gasteiger charge is 2.19. The summed E-state index contributed by atoms with van der Waals surface area (Å²) in [5.74, 6) is 0.359. The zero-order chi connectivity index (χ0) is 23.1. The highest BCUT2D eigenvalue weighted by molar-refractivity contribution is 5.67. The van der Waals surface area contributed by atoms with Gasteiger partial charge in [0.15, 0.2) is 22.8 Å². The van der Waals surface area contributed by atoms with Crippen molar-refractivity contribution in [1.82, 2.24) is 34.6 Å². The Morgan fingerprint density at radius 1 is 1.06 bits per heavy atom. The number of aryl methyl sites for hydroxylation is 1. The van der Waals surface area contributed by atoms with E-state index in [1.165, 1.54) is 25.3 Å². The number of hydrogen-bond acceptors (Lipinski definition) is 8. The number of hydrogen-bond donors (Lipinski definition) is 0. The number of fused-ring (bicyclic) bond motifs is 1. The molecule has 0 fully saturated rings. The fraction of sp³-hybridized carbons (Fsp3) is 0.190. The lowest BCUT2D eigenvalue weighted by atomic mass is 10.2. The third-order valence-electron chi connectivity index (χ3n) is 5.14. The molecule has 4 heterocycles. The fourth-order valence-electron chi connectivity index (χ4n) is 3.39. The van der Waals surface area contributed by atoms with Crippen LogP contribution in [0.4, 0.5) is 8.78 Å². The molecule has 0 N–H and O–H groups in total. The molecule has 33 heavy (non-hydrogen) atoms. The number of rotatable bonds is 6. The zero-order valence-corrected chi connectivity index (χ0v) is 17.7. The summed E-state index contributed by atoms with van der Waals surface area (Å²) in [6.07, 6.45) is 3.46. The lowest BCUT2D eigenvalue weighted by Gasteiger charge is -2.10. The van der Waals surface area contributed by atoms with Crippen LogP contribution in [-0.4, -0.2) is 48.3 Å². The van der Waals surface area contributed by atoms with Crippen LogP contribution in [0.2, 0.25) is 0 Å². The van der Waals surface area contributed by atoms with Crippen molar-refractivity contribution in [3.63, 3.8) is 0 Å². The molecule has 0 bridgehead atoms. The first-order chi connectivity index (χ1) is 15.9. The molecular formula is C21H17F2N7O3. The van der Waals surface area contributed by atoms with Gasteiger partial charge in [-0.05, 0) is 31.2 Å². The Kier molecular flexibility index (Phi) is 4.96. The molecule has 1 aromatic carbocycles. The van der Waals surface area contributed by atoms with E-state index < -0.39 is 6.61 Å². The van der Waals surface area contributed by atoms with Crippen LogP contribution < -0.4 is 9.47 Å². The van der Waals surface area contributed by atoms with Crippen molar-refractivity contribution < 1.29 is 22.7 Å². The largest absolute Gasteiger partial charge is 0.493 e. The van der Waals surface area contributed by atoms with Gasteiger partial charge in [-0.3, -0.25) is 4.68 Å². The highest BCUT2D eigenvalue weighted by Crippen LogP contribution is 2.34. The van der Waals surface area contributed by atoms with Crippen LogP contribution in [0.1, 0.15) is 5.69 Å². The van der Waals surface area contributed by atoms with Crippen molar-refractivity contribution in [2.24, 2.45) is 7.05 Å². The van der Waals surface area contributed by atoms with Gasteiger partial charge >= 0.3 is 6.61 Å². The molecule has 5 rings (SSSR count). The number of methoxy groups -OCH3 is 1. The monoisotopic (exact) mass is 453 g/mol. The summed E-state index contributed by atoms with van der Waals surface area (Å²) in [7, 11) is 3.22. The molecule has 0 atom stereocenters. The topological polar surface area (TPSA) is 105 Å². The van der Waals surface area contributed by atoms with Gasteiger partial charge in [0.05, 0.1) is 19.0 Å². The average Bonchev–Trinajstić information content (AvgIpc) is 3.53. The highest BCUT2D eigenvalue weighted by atomic mass is 19.3. The third kappa shape index (κ3) is 3.64. The van der Waals surface area contributed by atoms with Gasteiger partial charge in [0, 0.05) is 36.1 Å². The smallest absolute Gasteiger partial charge is 0.387 e. The van der Waals surface area contributed by atoms with Gasteiger partial charge < -0.3 is 13.9 Å². The number of benzene rings is 1. The van der Waals surface area contributed by atoms with Crippen molar-refractivity contribution in [1.29, 1.82) is 0 Å². The van der Waals surface area contributed by atoms with Crippen molar-refractivity contribution in [3.8, 4) is 45.8 Å². The molecule has 0 unspecified atom stereocenters. The van der Waals surface area contributed by atoms with E-state index in [4.69, 9.17) is 9.15 Å². The molecule has 0 aliphatic rings. The van der Waals surface area contributed by atoms with Crippen molar-refractivity contribution in [2.75, 3.05) is 7.11 Å². The Bertz CT molecular complexity index is 1460. The van der Waals surface area contributed by atoms with Crippen LogP contribution in [-0.2, 0) is 7.05 Å². The van der Waals surface area contributed by atoms with Crippen LogP contribution in [0.3, 0.4) is 0 Å².